The maximum absolute atomic E-state index is 11.8. The first-order valence-corrected chi connectivity index (χ1v) is 7.18. The monoisotopic (exact) mass is 327 g/mol. The summed E-state index contributed by atoms with van der Waals surface area (Å²) >= 11 is 0. The predicted octanol–water partition coefficient (Wildman–Crippen LogP) is 3.41. The van der Waals surface area contributed by atoms with Crippen LogP contribution in [0.1, 0.15) is 23.6 Å². The highest BCUT2D eigenvalue weighted by molar-refractivity contribution is 7.33. The van der Waals surface area contributed by atoms with Crippen molar-refractivity contribution < 1.29 is 13.6 Å². The van der Waals surface area contributed by atoms with Crippen LogP contribution in [0.5, 0.6) is 0 Å². The van der Waals surface area contributed by atoms with E-state index >= 15 is 0 Å². The van der Waals surface area contributed by atoms with Crippen LogP contribution in [0.25, 0.3) is 0 Å². The van der Waals surface area contributed by atoms with Crippen molar-refractivity contribution in [3.8, 4) is 0 Å². The molecule has 0 aliphatic heterocycles. The lowest BCUT2D eigenvalue weighted by Gasteiger charge is -2.07. The molecular formula is C14H17ClN2O3P+. The highest BCUT2D eigenvalue weighted by Gasteiger charge is 2.30. The highest BCUT2D eigenvalue weighted by atomic mass is 35.5. The number of halogens is 1. The van der Waals surface area contributed by atoms with Crippen molar-refractivity contribution in [1.82, 2.24) is 0 Å². The van der Waals surface area contributed by atoms with E-state index in [4.69, 9.17) is 20.5 Å². The third-order valence-corrected chi connectivity index (χ3v) is 3.45. The highest BCUT2D eigenvalue weighted by Crippen LogP contribution is 2.34. The van der Waals surface area contributed by atoms with E-state index in [9.17, 15) is 4.57 Å². The molecule has 0 saturated heterocycles. The van der Waals surface area contributed by atoms with Crippen LogP contribution in [0.4, 0.5) is 0 Å². The van der Waals surface area contributed by atoms with Crippen LogP contribution in [0, 0.1) is 0 Å². The van der Waals surface area contributed by atoms with Gasteiger partial charge in [0.25, 0.3) is 0 Å². The average molecular weight is 328 g/mol. The predicted molar refractivity (Wildman–Crippen MR) is 83.8 cm³/mol. The minimum atomic E-state index is -2.41. The van der Waals surface area contributed by atoms with Crippen LogP contribution in [-0.2, 0) is 13.6 Å². The number of nitrogens with two attached hydrogens (primary N) is 2. The lowest BCUT2D eigenvalue weighted by atomic mass is 10.2. The Hall–Kier alpha value is -1.33. The number of hydrogen-bond acceptors (Lipinski definition) is 5. The van der Waals surface area contributed by atoms with Crippen molar-refractivity contribution >= 4 is 20.7 Å². The smallest absolute Gasteiger partial charge is 0.298 e. The summed E-state index contributed by atoms with van der Waals surface area (Å²) in [4.78, 5) is 0. The van der Waals surface area contributed by atoms with Gasteiger partial charge in [0, 0.05) is 15.7 Å². The molecule has 2 aromatic rings. The van der Waals surface area contributed by atoms with Crippen LogP contribution in [0.3, 0.4) is 0 Å². The maximum atomic E-state index is 11.8. The Morgan fingerprint density at radius 2 is 1.10 bits per heavy atom. The second-order valence-corrected chi connectivity index (χ2v) is 4.97. The van der Waals surface area contributed by atoms with Crippen LogP contribution in [0.15, 0.2) is 60.7 Å². The molecule has 0 spiro atoms. The Balaban J connectivity index is 0.00000220. The third kappa shape index (κ3) is 5.52. The van der Waals surface area contributed by atoms with Crippen LogP contribution < -0.4 is 11.5 Å². The summed E-state index contributed by atoms with van der Waals surface area (Å²) in [6.45, 7) is 0. The fourth-order valence-corrected chi connectivity index (χ4v) is 2.28. The fourth-order valence-electron chi connectivity index (χ4n) is 1.62. The second-order valence-electron chi connectivity index (χ2n) is 4.10. The van der Waals surface area contributed by atoms with Gasteiger partial charge in [0.1, 0.15) is 0 Å². The number of hydrogen-bond donors (Lipinski definition) is 2. The maximum Gasteiger partial charge on any atom is 0.701 e. The molecule has 0 aromatic heterocycles. The van der Waals surface area contributed by atoms with Crippen LogP contribution >= 0.6 is 20.7 Å². The molecule has 2 atom stereocenters. The first kappa shape index (κ1) is 17.7. The minimum absolute atomic E-state index is 0. The average Bonchev–Trinajstić information content (AvgIpc) is 2.49. The molecule has 0 saturated carbocycles. The van der Waals surface area contributed by atoms with Crippen molar-refractivity contribution in [1.29, 1.82) is 0 Å². The molecule has 0 fully saturated rings. The Labute approximate surface area is 130 Å². The largest absolute Gasteiger partial charge is 0.701 e. The van der Waals surface area contributed by atoms with Gasteiger partial charge < -0.3 is 0 Å². The fraction of sp³-hybridized carbons (Fsp3) is 0.143. The molecule has 0 heterocycles. The molecule has 2 unspecified atom stereocenters. The van der Waals surface area contributed by atoms with Crippen LogP contribution in [0.2, 0.25) is 0 Å². The van der Waals surface area contributed by atoms with Crippen molar-refractivity contribution in [2.45, 2.75) is 12.5 Å². The van der Waals surface area contributed by atoms with Gasteiger partial charge in [-0.15, -0.1) is 12.4 Å². The summed E-state index contributed by atoms with van der Waals surface area (Å²) < 4.78 is 22.0. The summed E-state index contributed by atoms with van der Waals surface area (Å²) in [5, 5.41) is 0. The molecule has 0 bridgehead atoms. The summed E-state index contributed by atoms with van der Waals surface area (Å²) in [6.07, 6.45) is -1.63. The SMILES string of the molecule is Cl.NC(O[P+](=O)OC(N)c1ccccc1)c1ccccc1. The van der Waals surface area contributed by atoms with Crippen molar-refractivity contribution in [3.05, 3.63) is 71.8 Å². The van der Waals surface area contributed by atoms with Gasteiger partial charge >= 0.3 is 8.25 Å². The summed E-state index contributed by atoms with van der Waals surface area (Å²) in [5.41, 5.74) is 13.0. The van der Waals surface area contributed by atoms with Crippen molar-refractivity contribution in [3.63, 3.8) is 0 Å². The lowest BCUT2D eigenvalue weighted by Crippen LogP contribution is -2.14. The molecule has 0 amide bonds. The molecule has 7 heteroatoms. The molecule has 112 valence electrons. The zero-order valence-electron chi connectivity index (χ0n) is 11.2. The molecule has 0 radical (unpaired) electrons. The van der Waals surface area contributed by atoms with Gasteiger partial charge in [0.05, 0.1) is 0 Å². The molecule has 2 aromatic carbocycles. The Morgan fingerprint density at radius 1 is 0.762 bits per heavy atom. The van der Waals surface area contributed by atoms with E-state index in [2.05, 4.69) is 0 Å². The summed E-state index contributed by atoms with van der Waals surface area (Å²) in [6, 6.07) is 18.1. The van der Waals surface area contributed by atoms with E-state index in [0.29, 0.717) is 11.1 Å². The lowest BCUT2D eigenvalue weighted by molar-refractivity contribution is 0.135. The van der Waals surface area contributed by atoms with E-state index in [1.807, 2.05) is 36.4 Å². The molecule has 2 rings (SSSR count). The van der Waals surface area contributed by atoms with E-state index < -0.39 is 20.7 Å². The first-order chi connectivity index (χ1) is 9.66. The van der Waals surface area contributed by atoms with Gasteiger partial charge in [-0.2, -0.15) is 0 Å². The standard InChI is InChI=1S/C14H16N2O3P.ClH/c15-13(11-7-3-1-4-8-11)18-20(17)19-14(16)12-9-5-2-6-10-12;/h1-10,13-14H,15-16H2;1H/q+1;. The van der Waals surface area contributed by atoms with Crippen molar-refractivity contribution in [2.75, 3.05) is 0 Å². The Bertz CT molecular complexity index is 507. The van der Waals surface area contributed by atoms with Gasteiger partial charge in [0.15, 0.2) is 12.5 Å². The molecule has 0 aliphatic rings. The zero-order valence-corrected chi connectivity index (χ0v) is 12.9. The number of rotatable bonds is 6. The quantitative estimate of drug-likeness (QED) is 0.627. The molecule has 21 heavy (non-hydrogen) atoms. The van der Waals surface area contributed by atoms with Gasteiger partial charge in [-0.05, 0) is 0 Å². The molecule has 0 aliphatic carbocycles. The minimum Gasteiger partial charge on any atom is -0.298 e. The number of benzene rings is 2. The van der Waals surface area contributed by atoms with Gasteiger partial charge in [-0.1, -0.05) is 69.7 Å². The first-order valence-electron chi connectivity index (χ1n) is 6.08. The zero-order chi connectivity index (χ0) is 14.4. The van der Waals surface area contributed by atoms with E-state index in [1.165, 1.54) is 0 Å². The van der Waals surface area contributed by atoms with Gasteiger partial charge in [0.2, 0.25) is 0 Å². The van der Waals surface area contributed by atoms with E-state index in [1.54, 1.807) is 24.3 Å². The second kappa shape index (κ2) is 8.85. The summed E-state index contributed by atoms with van der Waals surface area (Å²) in [7, 11) is -2.41. The third-order valence-electron chi connectivity index (χ3n) is 2.66. The normalized spacial score (nSPS) is 13.9. The van der Waals surface area contributed by atoms with Gasteiger partial charge in [-0.25, -0.2) is 0 Å². The summed E-state index contributed by atoms with van der Waals surface area (Å²) in [5.74, 6) is 0. The van der Waals surface area contributed by atoms with Crippen molar-refractivity contribution in [2.24, 2.45) is 11.5 Å². The van der Waals surface area contributed by atoms with E-state index in [-0.39, 0.29) is 12.4 Å². The Kier molecular flexibility index (Phi) is 7.47. The van der Waals surface area contributed by atoms with Gasteiger partial charge in [-0.3, -0.25) is 11.5 Å². The van der Waals surface area contributed by atoms with E-state index in [0.717, 1.165) is 0 Å². The molecule has 4 N–H and O–H groups in total. The molecule has 5 nitrogen and oxygen atoms in total. The molecular weight excluding hydrogens is 311 g/mol. The Morgan fingerprint density at radius 3 is 1.43 bits per heavy atom. The van der Waals surface area contributed by atoms with Crippen LogP contribution in [-0.4, -0.2) is 0 Å². The topological polar surface area (TPSA) is 87.6 Å².